The van der Waals surface area contributed by atoms with Gasteiger partial charge in [0.15, 0.2) is 5.96 Å². The number of furan rings is 1. The predicted octanol–water partition coefficient (Wildman–Crippen LogP) is 2.69. The molecular formula is C20H27N3O2. The lowest BCUT2D eigenvalue weighted by molar-refractivity contribution is 0.0428. The molecule has 3 rings (SSSR count). The van der Waals surface area contributed by atoms with E-state index in [2.05, 4.69) is 39.9 Å². The summed E-state index contributed by atoms with van der Waals surface area (Å²) in [6.45, 7) is 7.46. The molecule has 0 saturated heterocycles. The van der Waals surface area contributed by atoms with Crippen molar-refractivity contribution in [1.82, 2.24) is 10.6 Å². The summed E-state index contributed by atoms with van der Waals surface area (Å²) >= 11 is 0. The van der Waals surface area contributed by atoms with Crippen molar-refractivity contribution in [2.24, 2.45) is 4.99 Å². The lowest BCUT2D eigenvalue weighted by Gasteiger charge is -2.30. The van der Waals surface area contributed by atoms with Crippen molar-refractivity contribution in [2.45, 2.75) is 38.7 Å². The van der Waals surface area contributed by atoms with Crippen LogP contribution in [0.3, 0.4) is 0 Å². The Morgan fingerprint density at radius 2 is 2.08 bits per heavy atom. The van der Waals surface area contributed by atoms with Gasteiger partial charge in [-0.3, -0.25) is 0 Å². The molecular weight excluding hydrogens is 314 g/mol. The minimum absolute atomic E-state index is 0.233. The Balaban J connectivity index is 1.60. The average Bonchev–Trinajstić information content (AvgIpc) is 3.01. The zero-order valence-electron chi connectivity index (χ0n) is 15.2. The van der Waals surface area contributed by atoms with Gasteiger partial charge >= 0.3 is 0 Å². The van der Waals surface area contributed by atoms with Gasteiger partial charge in [-0.25, -0.2) is 4.99 Å². The number of nitrogens with one attached hydrogen (secondary N) is 2. The van der Waals surface area contributed by atoms with E-state index in [4.69, 9.17) is 4.42 Å². The Morgan fingerprint density at radius 1 is 1.28 bits per heavy atom. The van der Waals surface area contributed by atoms with Crippen LogP contribution in [0.15, 0.2) is 45.8 Å². The number of aliphatic imine (C=N–C) groups is 1. The van der Waals surface area contributed by atoms with Gasteiger partial charge in [-0.05, 0) is 50.5 Å². The SMILES string of the molecule is CCNC(=NCC(C)(O)c1ccc(C)o1)NCC1Cc2ccccc21. The summed E-state index contributed by atoms with van der Waals surface area (Å²) in [4.78, 5) is 4.54. The molecule has 0 aliphatic heterocycles. The zero-order valence-corrected chi connectivity index (χ0v) is 15.2. The Hall–Kier alpha value is -2.27. The highest BCUT2D eigenvalue weighted by atomic mass is 16.4. The maximum Gasteiger partial charge on any atom is 0.191 e. The van der Waals surface area contributed by atoms with E-state index >= 15 is 0 Å². The van der Waals surface area contributed by atoms with Crippen molar-refractivity contribution in [2.75, 3.05) is 19.6 Å². The molecule has 1 aliphatic carbocycles. The van der Waals surface area contributed by atoms with Crippen LogP contribution in [-0.2, 0) is 12.0 Å². The topological polar surface area (TPSA) is 69.8 Å². The maximum atomic E-state index is 10.6. The molecule has 2 atom stereocenters. The van der Waals surface area contributed by atoms with Crippen LogP contribution in [0, 0.1) is 6.92 Å². The molecule has 2 aromatic rings. The molecule has 0 fully saturated rings. The van der Waals surface area contributed by atoms with Crippen molar-refractivity contribution < 1.29 is 9.52 Å². The van der Waals surface area contributed by atoms with Gasteiger partial charge < -0.3 is 20.2 Å². The number of guanidine groups is 1. The van der Waals surface area contributed by atoms with E-state index in [-0.39, 0.29) is 6.54 Å². The molecule has 0 spiro atoms. The van der Waals surface area contributed by atoms with Gasteiger partial charge in [0, 0.05) is 19.0 Å². The molecule has 0 bridgehead atoms. The first-order valence-corrected chi connectivity index (χ1v) is 8.89. The van der Waals surface area contributed by atoms with E-state index in [1.807, 2.05) is 19.9 Å². The van der Waals surface area contributed by atoms with E-state index < -0.39 is 5.60 Å². The summed E-state index contributed by atoms with van der Waals surface area (Å²) in [5.74, 6) is 2.56. The Kier molecular flexibility index (Phi) is 5.13. The molecule has 0 amide bonds. The van der Waals surface area contributed by atoms with Crippen LogP contribution < -0.4 is 10.6 Å². The van der Waals surface area contributed by atoms with Crippen LogP contribution >= 0.6 is 0 Å². The summed E-state index contributed by atoms with van der Waals surface area (Å²) in [6.07, 6.45) is 1.10. The number of hydrogen-bond donors (Lipinski definition) is 3. The van der Waals surface area contributed by atoms with Crippen LogP contribution in [0.2, 0.25) is 0 Å². The molecule has 134 valence electrons. The molecule has 1 aromatic heterocycles. The highest BCUT2D eigenvalue weighted by Gasteiger charge is 2.27. The second-order valence-corrected chi connectivity index (χ2v) is 6.86. The molecule has 5 heteroatoms. The normalized spacial score (nSPS) is 18.9. The summed E-state index contributed by atoms with van der Waals surface area (Å²) in [5, 5.41) is 17.3. The number of hydrogen-bond acceptors (Lipinski definition) is 3. The fraction of sp³-hybridized carbons (Fsp3) is 0.450. The predicted molar refractivity (Wildman–Crippen MR) is 99.9 cm³/mol. The summed E-state index contributed by atoms with van der Waals surface area (Å²) in [7, 11) is 0. The molecule has 3 N–H and O–H groups in total. The number of aliphatic hydroxyl groups is 1. The number of aryl methyl sites for hydroxylation is 1. The number of fused-ring (bicyclic) bond motifs is 1. The number of benzene rings is 1. The van der Waals surface area contributed by atoms with Gasteiger partial charge in [0.25, 0.3) is 0 Å². The molecule has 0 radical (unpaired) electrons. The van der Waals surface area contributed by atoms with Crippen LogP contribution in [0.1, 0.15) is 42.4 Å². The van der Waals surface area contributed by atoms with Crippen molar-refractivity contribution >= 4 is 5.96 Å². The van der Waals surface area contributed by atoms with E-state index in [1.165, 1.54) is 11.1 Å². The molecule has 0 saturated carbocycles. The third kappa shape index (κ3) is 4.04. The van der Waals surface area contributed by atoms with Crippen LogP contribution in [0.25, 0.3) is 0 Å². The van der Waals surface area contributed by atoms with Crippen molar-refractivity contribution in [3.63, 3.8) is 0 Å². The second-order valence-electron chi connectivity index (χ2n) is 6.86. The minimum Gasteiger partial charge on any atom is -0.463 e. The summed E-state index contributed by atoms with van der Waals surface area (Å²) in [6, 6.07) is 12.2. The summed E-state index contributed by atoms with van der Waals surface area (Å²) < 4.78 is 5.54. The first-order chi connectivity index (χ1) is 12.0. The molecule has 1 aliphatic rings. The largest absolute Gasteiger partial charge is 0.463 e. The quantitative estimate of drug-likeness (QED) is 0.558. The fourth-order valence-electron chi connectivity index (χ4n) is 3.14. The Bertz CT molecular complexity index is 749. The van der Waals surface area contributed by atoms with E-state index in [0.29, 0.717) is 11.7 Å². The van der Waals surface area contributed by atoms with Crippen molar-refractivity contribution in [3.05, 3.63) is 59.0 Å². The first kappa shape index (κ1) is 17.5. The average molecular weight is 341 g/mol. The van der Waals surface area contributed by atoms with Gasteiger partial charge in [-0.1, -0.05) is 24.3 Å². The third-order valence-electron chi connectivity index (χ3n) is 4.64. The van der Waals surface area contributed by atoms with Crippen molar-refractivity contribution in [1.29, 1.82) is 0 Å². The molecule has 5 nitrogen and oxygen atoms in total. The Morgan fingerprint density at radius 3 is 2.76 bits per heavy atom. The molecule has 25 heavy (non-hydrogen) atoms. The first-order valence-electron chi connectivity index (χ1n) is 8.89. The van der Waals surface area contributed by atoms with Gasteiger partial charge in [0.2, 0.25) is 0 Å². The summed E-state index contributed by atoms with van der Waals surface area (Å²) in [5.41, 5.74) is 1.73. The maximum absolute atomic E-state index is 10.6. The standard InChI is InChI=1S/C20H27N3O2/c1-4-21-19(22-12-16-11-15-7-5-6-8-17(15)16)23-13-20(3,24)18-10-9-14(2)25-18/h5-10,16,24H,4,11-13H2,1-3H3,(H2,21,22,23). The zero-order chi connectivity index (χ0) is 17.9. The highest BCUT2D eigenvalue weighted by Crippen LogP contribution is 2.33. The van der Waals surface area contributed by atoms with E-state index in [0.717, 1.165) is 31.2 Å². The second kappa shape index (κ2) is 7.31. The van der Waals surface area contributed by atoms with Gasteiger partial charge in [0.1, 0.15) is 17.1 Å². The van der Waals surface area contributed by atoms with E-state index in [9.17, 15) is 5.11 Å². The minimum atomic E-state index is -1.13. The molecule has 1 aromatic carbocycles. The molecule has 2 unspecified atom stereocenters. The number of rotatable bonds is 6. The fourth-order valence-corrected chi connectivity index (χ4v) is 3.14. The smallest absolute Gasteiger partial charge is 0.191 e. The van der Waals surface area contributed by atoms with Crippen molar-refractivity contribution in [3.8, 4) is 0 Å². The van der Waals surface area contributed by atoms with E-state index in [1.54, 1.807) is 13.0 Å². The lowest BCUT2D eigenvalue weighted by Crippen LogP contribution is -2.42. The van der Waals surface area contributed by atoms with Crippen LogP contribution in [0.4, 0.5) is 0 Å². The van der Waals surface area contributed by atoms with Crippen LogP contribution in [-0.4, -0.2) is 30.7 Å². The lowest BCUT2D eigenvalue weighted by atomic mass is 9.78. The van der Waals surface area contributed by atoms with Gasteiger partial charge in [-0.15, -0.1) is 0 Å². The van der Waals surface area contributed by atoms with Gasteiger partial charge in [-0.2, -0.15) is 0 Å². The monoisotopic (exact) mass is 341 g/mol. The van der Waals surface area contributed by atoms with Gasteiger partial charge in [0.05, 0.1) is 6.54 Å². The highest BCUT2D eigenvalue weighted by molar-refractivity contribution is 5.79. The molecule has 1 heterocycles. The third-order valence-corrected chi connectivity index (χ3v) is 4.64. The van der Waals surface area contributed by atoms with Crippen LogP contribution in [0.5, 0.6) is 0 Å². The Labute approximate surface area is 149 Å². The number of nitrogens with zero attached hydrogens (tertiary/aromatic N) is 1.